The van der Waals surface area contributed by atoms with Crippen LogP contribution in [0.1, 0.15) is 30.9 Å². The molecule has 31 heavy (non-hydrogen) atoms. The van der Waals surface area contributed by atoms with Gasteiger partial charge < -0.3 is 10.2 Å². The topological polar surface area (TPSA) is 105 Å². The summed E-state index contributed by atoms with van der Waals surface area (Å²) in [5.74, 6) is 0.442. The van der Waals surface area contributed by atoms with Crippen molar-refractivity contribution in [1.82, 2.24) is 4.90 Å². The molecule has 2 N–H and O–H groups in total. The zero-order valence-corrected chi connectivity index (χ0v) is 19.0. The number of likely N-dealkylation sites (tertiary alicyclic amines) is 1. The Morgan fingerprint density at radius 2 is 1.77 bits per heavy atom. The summed E-state index contributed by atoms with van der Waals surface area (Å²) in [7, 11) is -3.95. The van der Waals surface area contributed by atoms with Gasteiger partial charge in [0.2, 0.25) is 0 Å². The minimum atomic E-state index is -3.95. The van der Waals surface area contributed by atoms with Crippen LogP contribution < -0.4 is 10.0 Å². The van der Waals surface area contributed by atoms with Gasteiger partial charge in [-0.1, -0.05) is 24.6 Å². The van der Waals surface area contributed by atoms with Crippen molar-refractivity contribution in [3.05, 3.63) is 57.6 Å². The van der Waals surface area contributed by atoms with E-state index in [9.17, 15) is 18.5 Å². The number of rotatable bonds is 8. The molecule has 0 amide bonds. The van der Waals surface area contributed by atoms with Gasteiger partial charge in [-0.05, 0) is 76.0 Å². The van der Waals surface area contributed by atoms with E-state index in [2.05, 4.69) is 21.9 Å². The maximum atomic E-state index is 12.8. The van der Waals surface area contributed by atoms with Gasteiger partial charge in [-0.25, -0.2) is 8.42 Å². The molecule has 1 saturated heterocycles. The van der Waals surface area contributed by atoms with Crippen molar-refractivity contribution in [1.29, 1.82) is 0 Å². The lowest BCUT2D eigenvalue weighted by Gasteiger charge is -2.31. The first kappa shape index (κ1) is 23.0. The van der Waals surface area contributed by atoms with Crippen molar-refractivity contribution in [3.8, 4) is 0 Å². The number of benzene rings is 2. The summed E-state index contributed by atoms with van der Waals surface area (Å²) in [6, 6.07) is 9.38. The molecule has 2 aromatic carbocycles. The van der Waals surface area contributed by atoms with Gasteiger partial charge in [0.15, 0.2) is 0 Å². The highest BCUT2D eigenvalue weighted by Gasteiger charge is 2.23. The average Bonchev–Trinajstić information content (AvgIpc) is 2.74. The van der Waals surface area contributed by atoms with Crippen LogP contribution in [0.4, 0.5) is 17.1 Å². The van der Waals surface area contributed by atoms with Crippen LogP contribution in [-0.2, 0) is 10.0 Å². The third kappa shape index (κ3) is 5.74. The monoisotopic (exact) mass is 446 g/mol. The Morgan fingerprint density at radius 3 is 2.39 bits per heavy atom. The van der Waals surface area contributed by atoms with Crippen LogP contribution in [0.5, 0.6) is 0 Å². The van der Waals surface area contributed by atoms with Crippen LogP contribution in [0, 0.1) is 29.9 Å². The second-order valence-electron chi connectivity index (χ2n) is 8.12. The van der Waals surface area contributed by atoms with E-state index in [1.165, 1.54) is 12.1 Å². The Morgan fingerprint density at radius 1 is 1.10 bits per heavy atom. The number of nitro benzene ring substituents is 1. The van der Waals surface area contributed by atoms with Gasteiger partial charge in [-0.3, -0.25) is 14.8 Å². The Labute approximate surface area is 183 Å². The van der Waals surface area contributed by atoms with Gasteiger partial charge in [0, 0.05) is 12.6 Å². The minimum absolute atomic E-state index is 0.138. The van der Waals surface area contributed by atoms with E-state index >= 15 is 0 Å². The Bertz CT molecular complexity index is 1050. The molecule has 168 valence electrons. The molecule has 2 aromatic rings. The lowest BCUT2D eigenvalue weighted by atomic mass is 9.97. The van der Waals surface area contributed by atoms with Crippen molar-refractivity contribution < 1.29 is 13.3 Å². The zero-order chi connectivity index (χ0) is 22.6. The van der Waals surface area contributed by atoms with Crippen LogP contribution in [0.15, 0.2) is 41.3 Å². The SMILES string of the molecule is CCN1CCC(CNc2ccc(S(=O)(=O)Nc3ccc(C)cc3C)cc2[N+](=O)[O-])CC1. The lowest BCUT2D eigenvalue weighted by Crippen LogP contribution is -2.35. The van der Waals surface area contributed by atoms with Crippen molar-refractivity contribution in [2.24, 2.45) is 5.92 Å². The van der Waals surface area contributed by atoms with Gasteiger partial charge in [-0.2, -0.15) is 0 Å². The fraction of sp³-hybridized carbons (Fsp3) is 0.455. The van der Waals surface area contributed by atoms with Crippen LogP contribution in [-0.4, -0.2) is 44.4 Å². The largest absolute Gasteiger partial charge is 0.379 e. The third-order valence-corrected chi connectivity index (χ3v) is 7.20. The van der Waals surface area contributed by atoms with Gasteiger partial charge in [0.1, 0.15) is 5.69 Å². The first-order valence-corrected chi connectivity index (χ1v) is 12.0. The van der Waals surface area contributed by atoms with Gasteiger partial charge in [0.05, 0.1) is 15.5 Å². The van der Waals surface area contributed by atoms with Crippen LogP contribution in [0.25, 0.3) is 0 Å². The molecular weight excluding hydrogens is 416 g/mol. The number of hydrogen-bond acceptors (Lipinski definition) is 6. The third-order valence-electron chi connectivity index (χ3n) is 5.84. The van der Waals surface area contributed by atoms with Crippen LogP contribution >= 0.6 is 0 Å². The summed E-state index contributed by atoms with van der Waals surface area (Å²) in [5.41, 5.74) is 2.36. The summed E-state index contributed by atoms with van der Waals surface area (Å²) < 4.78 is 28.2. The number of nitro groups is 1. The predicted molar refractivity (Wildman–Crippen MR) is 123 cm³/mol. The molecule has 0 saturated carbocycles. The number of nitrogens with zero attached hydrogens (tertiary/aromatic N) is 2. The molecule has 1 aliphatic heterocycles. The molecular formula is C22H30N4O4S. The van der Waals surface area contributed by atoms with Crippen molar-refractivity contribution >= 4 is 27.1 Å². The van der Waals surface area contributed by atoms with E-state index in [1.807, 2.05) is 26.0 Å². The molecule has 0 spiro atoms. The molecule has 1 aliphatic rings. The highest BCUT2D eigenvalue weighted by molar-refractivity contribution is 7.92. The Balaban J connectivity index is 1.75. The Hall–Kier alpha value is -2.65. The second-order valence-corrected chi connectivity index (χ2v) is 9.80. The summed E-state index contributed by atoms with van der Waals surface area (Å²) in [6.45, 7) is 9.62. The molecule has 0 atom stereocenters. The normalized spacial score (nSPS) is 15.6. The zero-order valence-electron chi connectivity index (χ0n) is 18.2. The van der Waals surface area contributed by atoms with E-state index < -0.39 is 14.9 Å². The smallest absolute Gasteiger partial charge is 0.293 e. The molecule has 9 heteroatoms. The van der Waals surface area contributed by atoms with E-state index in [1.54, 1.807) is 6.07 Å². The number of nitrogens with one attached hydrogen (secondary N) is 2. The van der Waals surface area contributed by atoms with E-state index in [0.717, 1.165) is 49.7 Å². The number of sulfonamides is 1. The minimum Gasteiger partial charge on any atom is -0.379 e. The fourth-order valence-corrected chi connectivity index (χ4v) is 5.02. The molecule has 0 radical (unpaired) electrons. The van der Waals surface area contributed by atoms with E-state index in [-0.39, 0.29) is 10.6 Å². The standard InChI is InChI=1S/C22H30N4O4S/c1-4-25-11-9-18(10-12-25)15-23-21-8-6-19(14-22(21)26(27)28)31(29,30)24-20-7-5-16(2)13-17(20)3/h5-8,13-14,18,23-24H,4,9-12,15H2,1-3H3. The highest BCUT2D eigenvalue weighted by Crippen LogP contribution is 2.30. The predicted octanol–water partition coefficient (Wildman–Crippen LogP) is 4.16. The summed E-state index contributed by atoms with van der Waals surface area (Å²) in [4.78, 5) is 13.3. The Kier molecular flexibility index (Phi) is 7.17. The van der Waals surface area contributed by atoms with Crippen molar-refractivity contribution in [2.45, 2.75) is 38.5 Å². The summed E-state index contributed by atoms with van der Waals surface area (Å²) in [5, 5.41) is 14.8. The molecule has 0 unspecified atom stereocenters. The van der Waals surface area contributed by atoms with Crippen molar-refractivity contribution in [3.63, 3.8) is 0 Å². The first-order chi connectivity index (χ1) is 14.7. The van der Waals surface area contributed by atoms with Crippen molar-refractivity contribution in [2.75, 3.05) is 36.2 Å². The highest BCUT2D eigenvalue weighted by atomic mass is 32.2. The van der Waals surface area contributed by atoms with Gasteiger partial charge >= 0.3 is 0 Å². The van der Waals surface area contributed by atoms with Crippen LogP contribution in [0.3, 0.4) is 0 Å². The number of aryl methyl sites for hydroxylation is 2. The van der Waals surface area contributed by atoms with Crippen LogP contribution in [0.2, 0.25) is 0 Å². The lowest BCUT2D eigenvalue weighted by molar-refractivity contribution is -0.384. The van der Waals surface area contributed by atoms with E-state index in [0.29, 0.717) is 23.8 Å². The van der Waals surface area contributed by atoms with Gasteiger partial charge in [-0.15, -0.1) is 0 Å². The molecule has 1 fully saturated rings. The number of anilines is 2. The molecule has 1 heterocycles. The number of piperidine rings is 1. The maximum absolute atomic E-state index is 12.8. The van der Waals surface area contributed by atoms with Gasteiger partial charge in [0.25, 0.3) is 15.7 Å². The summed E-state index contributed by atoms with van der Waals surface area (Å²) in [6.07, 6.45) is 2.09. The average molecular weight is 447 g/mol. The first-order valence-electron chi connectivity index (χ1n) is 10.5. The molecule has 0 bridgehead atoms. The molecule has 0 aliphatic carbocycles. The molecule has 3 rings (SSSR count). The molecule has 8 nitrogen and oxygen atoms in total. The number of hydrogen-bond donors (Lipinski definition) is 2. The second kappa shape index (κ2) is 9.65. The maximum Gasteiger partial charge on any atom is 0.293 e. The van der Waals surface area contributed by atoms with E-state index in [4.69, 9.17) is 0 Å². The quantitative estimate of drug-likeness (QED) is 0.466. The molecule has 0 aromatic heterocycles. The fourth-order valence-electron chi connectivity index (χ4n) is 3.87. The summed E-state index contributed by atoms with van der Waals surface area (Å²) >= 11 is 0.